The molecule has 0 aliphatic heterocycles. The topological polar surface area (TPSA) is 33.1 Å². The Morgan fingerprint density at radius 2 is 2.15 bits per heavy atom. The van der Waals surface area contributed by atoms with Crippen molar-refractivity contribution >= 4 is 21.6 Å². The van der Waals surface area contributed by atoms with Gasteiger partial charge in [0.05, 0.1) is 10.2 Å². The van der Waals surface area contributed by atoms with Gasteiger partial charge < -0.3 is 5.11 Å². The Hall–Kier alpha value is -1.09. The van der Waals surface area contributed by atoms with Crippen LogP contribution < -0.4 is 0 Å². The minimum atomic E-state index is 0.149. The number of rotatable bonds is 1. The van der Waals surface area contributed by atoms with E-state index in [9.17, 15) is 5.11 Å². The highest BCUT2D eigenvalue weighted by Crippen LogP contribution is 2.28. The van der Waals surface area contributed by atoms with Crippen LogP contribution >= 0.6 is 11.3 Å². The van der Waals surface area contributed by atoms with Crippen LogP contribution in [0.5, 0.6) is 5.19 Å². The molecule has 1 aromatic carbocycles. The summed E-state index contributed by atoms with van der Waals surface area (Å²) >= 11 is 1.32. The first-order valence-corrected chi connectivity index (χ1v) is 5.08. The van der Waals surface area contributed by atoms with Crippen molar-refractivity contribution in [1.29, 1.82) is 0 Å². The van der Waals surface area contributed by atoms with E-state index >= 15 is 0 Å². The van der Waals surface area contributed by atoms with E-state index in [-0.39, 0.29) is 5.19 Å². The predicted molar refractivity (Wildman–Crippen MR) is 55.4 cm³/mol. The molecule has 1 heterocycles. The molecular weight excluding hydrogens is 182 g/mol. The average molecular weight is 193 g/mol. The third-order valence-corrected chi connectivity index (χ3v) is 2.91. The van der Waals surface area contributed by atoms with Gasteiger partial charge in [0.25, 0.3) is 5.19 Å². The third kappa shape index (κ3) is 1.52. The molecule has 0 aliphatic carbocycles. The fourth-order valence-corrected chi connectivity index (χ4v) is 1.98. The number of nitrogens with zero attached hydrogens (tertiary/aromatic N) is 1. The van der Waals surface area contributed by atoms with Gasteiger partial charge in [0.1, 0.15) is 0 Å². The molecule has 0 saturated carbocycles. The van der Waals surface area contributed by atoms with Crippen LogP contribution in [0.1, 0.15) is 25.3 Å². The van der Waals surface area contributed by atoms with E-state index in [0.29, 0.717) is 5.92 Å². The van der Waals surface area contributed by atoms with E-state index in [1.165, 1.54) is 16.9 Å². The highest BCUT2D eigenvalue weighted by molar-refractivity contribution is 7.20. The summed E-state index contributed by atoms with van der Waals surface area (Å²) in [5.74, 6) is 0.508. The van der Waals surface area contributed by atoms with Crippen molar-refractivity contribution in [3.8, 4) is 5.19 Å². The summed E-state index contributed by atoms with van der Waals surface area (Å²) in [6.45, 7) is 4.29. The van der Waals surface area contributed by atoms with E-state index < -0.39 is 0 Å². The Morgan fingerprint density at radius 1 is 1.38 bits per heavy atom. The van der Waals surface area contributed by atoms with E-state index in [2.05, 4.69) is 24.9 Å². The molecule has 13 heavy (non-hydrogen) atoms. The maximum Gasteiger partial charge on any atom is 0.271 e. The van der Waals surface area contributed by atoms with Crippen molar-refractivity contribution in [3.63, 3.8) is 0 Å². The van der Waals surface area contributed by atoms with Crippen molar-refractivity contribution in [3.05, 3.63) is 23.8 Å². The number of benzene rings is 1. The van der Waals surface area contributed by atoms with Gasteiger partial charge in [-0.05, 0) is 23.6 Å². The van der Waals surface area contributed by atoms with Gasteiger partial charge in [-0.25, -0.2) is 4.98 Å². The van der Waals surface area contributed by atoms with E-state index in [1.807, 2.05) is 12.1 Å². The normalized spacial score (nSPS) is 11.3. The van der Waals surface area contributed by atoms with Crippen molar-refractivity contribution in [2.24, 2.45) is 0 Å². The molecule has 2 aromatic rings. The molecule has 68 valence electrons. The van der Waals surface area contributed by atoms with Crippen LogP contribution in [0, 0.1) is 0 Å². The molecule has 0 bridgehead atoms. The molecular formula is C10H11NOS. The smallest absolute Gasteiger partial charge is 0.271 e. The van der Waals surface area contributed by atoms with Crippen LogP contribution in [0.3, 0.4) is 0 Å². The van der Waals surface area contributed by atoms with Crippen LogP contribution in [-0.4, -0.2) is 10.1 Å². The van der Waals surface area contributed by atoms with Gasteiger partial charge in [0, 0.05) is 0 Å². The fourth-order valence-electron chi connectivity index (χ4n) is 1.29. The largest absolute Gasteiger partial charge is 0.486 e. The van der Waals surface area contributed by atoms with Crippen LogP contribution in [0.4, 0.5) is 0 Å². The maximum absolute atomic E-state index is 9.19. The summed E-state index contributed by atoms with van der Waals surface area (Å²) in [4.78, 5) is 4.03. The monoisotopic (exact) mass is 193 g/mol. The average Bonchev–Trinajstić information content (AvgIpc) is 2.42. The zero-order valence-electron chi connectivity index (χ0n) is 7.61. The minimum Gasteiger partial charge on any atom is -0.486 e. The molecule has 0 unspecified atom stereocenters. The molecule has 0 saturated heterocycles. The molecule has 3 heteroatoms. The van der Waals surface area contributed by atoms with Crippen LogP contribution in [0.2, 0.25) is 0 Å². The quantitative estimate of drug-likeness (QED) is 0.754. The van der Waals surface area contributed by atoms with Crippen molar-refractivity contribution in [2.45, 2.75) is 19.8 Å². The van der Waals surface area contributed by atoms with Crippen LogP contribution in [0.25, 0.3) is 10.2 Å². The zero-order chi connectivity index (χ0) is 9.42. The predicted octanol–water partition coefficient (Wildman–Crippen LogP) is 3.13. The number of aromatic hydroxyl groups is 1. The van der Waals surface area contributed by atoms with Crippen LogP contribution in [0.15, 0.2) is 18.2 Å². The van der Waals surface area contributed by atoms with Gasteiger partial charge in [-0.1, -0.05) is 31.3 Å². The van der Waals surface area contributed by atoms with E-state index in [4.69, 9.17) is 0 Å². The minimum absolute atomic E-state index is 0.149. The number of hydrogen-bond acceptors (Lipinski definition) is 3. The first-order chi connectivity index (χ1) is 6.16. The first kappa shape index (κ1) is 8.51. The molecule has 0 atom stereocenters. The highest BCUT2D eigenvalue weighted by atomic mass is 32.1. The van der Waals surface area contributed by atoms with E-state index in [1.54, 1.807) is 0 Å². The third-order valence-electron chi connectivity index (χ3n) is 2.07. The Kier molecular flexibility index (Phi) is 1.96. The second kappa shape index (κ2) is 3.00. The van der Waals surface area contributed by atoms with E-state index in [0.717, 1.165) is 10.2 Å². The number of thiazole rings is 1. The second-order valence-electron chi connectivity index (χ2n) is 3.38. The Balaban J connectivity index is 2.61. The maximum atomic E-state index is 9.19. The lowest BCUT2D eigenvalue weighted by Crippen LogP contribution is -1.85. The summed E-state index contributed by atoms with van der Waals surface area (Å²) in [7, 11) is 0. The Labute approximate surface area is 80.9 Å². The van der Waals surface area contributed by atoms with Gasteiger partial charge in [-0.3, -0.25) is 0 Å². The molecule has 0 fully saturated rings. The molecule has 2 rings (SSSR count). The summed E-state index contributed by atoms with van der Waals surface area (Å²) in [5, 5.41) is 9.34. The van der Waals surface area contributed by atoms with Gasteiger partial charge >= 0.3 is 0 Å². The van der Waals surface area contributed by atoms with Crippen molar-refractivity contribution in [1.82, 2.24) is 4.98 Å². The van der Waals surface area contributed by atoms with Gasteiger partial charge in [0.15, 0.2) is 0 Å². The standard InChI is InChI=1S/C10H11NOS/c1-6(2)7-3-4-9-8(5-7)11-10(12)13-9/h3-6H,1-2H3,(H,11,12). The lowest BCUT2D eigenvalue weighted by Gasteiger charge is -2.03. The summed E-state index contributed by atoms with van der Waals surface area (Å²) in [5.41, 5.74) is 2.16. The molecule has 1 N–H and O–H groups in total. The number of hydrogen-bond donors (Lipinski definition) is 1. The zero-order valence-corrected chi connectivity index (χ0v) is 8.43. The molecule has 2 nitrogen and oxygen atoms in total. The van der Waals surface area contributed by atoms with Crippen molar-refractivity contribution < 1.29 is 5.11 Å². The molecule has 0 amide bonds. The number of aromatic nitrogens is 1. The second-order valence-corrected chi connectivity index (χ2v) is 4.39. The first-order valence-electron chi connectivity index (χ1n) is 4.26. The summed E-state index contributed by atoms with van der Waals surface area (Å²) < 4.78 is 1.04. The molecule has 0 aliphatic rings. The molecule has 0 radical (unpaired) electrons. The van der Waals surface area contributed by atoms with Gasteiger partial charge in [-0.15, -0.1) is 0 Å². The SMILES string of the molecule is CC(C)c1ccc2sc(O)nc2c1. The lowest BCUT2D eigenvalue weighted by molar-refractivity contribution is 0.472. The fraction of sp³-hybridized carbons (Fsp3) is 0.300. The van der Waals surface area contributed by atoms with Crippen molar-refractivity contribution in [2.75, 3.05) is 0 Å². The summed E-state index contributed by atoms with van der Waals surface area (Å²) in [6, 6.07) is 6.14. The lowest BCUT2D eigenvalue weighted by atomic mass is 10.0. The van der Waals surface area contributed by atoms with Crippen LogP contribution in [-0.2, 0) is 0 Å². The highest BCUT2D eigenvalue weighted by Gasteiger charge is 2.04. The molecule has 1 aromatic heterocycles. The Bertz CT molecular complexity index is 433. The Morgan fingerprint density at radius 3 is 2.85 bits per heavy atom. The molecule has 0 spiro atoms. The summed E-state index contributed by atoms with van der Waals surface area (Å²) in [6.07, 6.45) is 0. The number of fused-ring (bicyclic) bond motifs is 1. The van der Waals surface area contributed by atoms with Gasteiger partial charge in [0.2, 0.25) is 0 Å². The van der Waals surface area contributed by atoms with Gasteiger partial charge in [-0.2, -0.15) is 0 Å².